The van der Waals surface area contributed by atoms with E-state index in [9.17, 15) is 9.90 Å². The lowest BCUT2D eigenvalue weighted by Gasteiger charge is -2.28. The molecule has 20 heavy (non-hydrogen) atoms. The lowest BCUT2D eigenvalue weighted by molar-refractivity contribution is -0.135. The number of carbonyl (C=O) groups is 1. The minimum Gasteiger partial charge on any atom is -0.388 e. The van der Waals surface area contributed by atoms with Crippen LogP contribution in [0.2, 0.25) is 10.0 Å². The van der Waals surface area contributed by atoms with Gasteiger partial charge in [0, 0.05) is 22.6 Å². The summed E-state index contributed by atoms with van der Waals surface area (Å²) in [7, 11) is 0. The fourth-order valence-electron chi connectivity index (χ4n) is 3.40. The van der Waals surface area contributed by atoms with Crippen LogP contribution in [-0.4, -0.2) is 28.5 Å². The summed E-state index contributed by atoms with van der Waals surface area (Å²) in [6.07, 6.45) is 2.72. The molecular weight excluding hydrogens is 297 g/mol. The molecule has 1 aliphatic carbocycles. The summed E-state index contributed by atoms with van der Waals surface area (Å²) in [6, 6.07) is 5.31. The van der Waals surface area contributed by atoms with Crippen LogP contribution in [0, 0.1) is 5.92 Å². The van der Waals surface area contributed by atoms with Crippen molar-refractivity contribution in [2.24, 2.45) is 5.92 Å². The summed E-state index contributed by atoms with van der Waals surface area (Å²) in [5.74, 6) is 0.697. The van der Waals surface area contributed by atoms with Gasteiger partial charge in [-0.2, -0.15) is 0 Å². The third-order valence-corrected chi connectivity index (χ3v) is 4.80. The van der Waals surface area contributed by atoms with Crippen LogP contribution in [0.15, 0.2) is 18.2 Å². The maximum atomic E-state index is 12.3. The summed E-state index contributed by atoms with van der Waals surface area (Å²) in [5.41, 5.74) is 0.597. The molecule has 2 aliphatic rings. The molecule has 2 bridgehead atoms. The lowest BCUT2D eigenvalue weighted by Crippen LogP contribution is -2.38. The van der Waals surface area contributed by atoms with Gasteiger partial charge in [-0.25, -0.2) is 0 Å². The maximum absolute atomic E-state index is 12.3. The van der Waals surface area contributed by atoms with Crippen LogP contribution in [0.1, 0.15) is 37.4 Å². The normalized spacial score (nSPS) is 26.1. The highest BCUT2D eigenvalue weighted by Gasteiger charge is 2.40. The predicted octanol–water partition coefficient (Wildman–Crippen LogP) is 3.43. The van der Waals surface area contributed by atoms with Gasteiger partial charge in [0.1, 0.15) is 0 Å². The van der Waals surface area contributed by atoms with Crippen LogP contribution in [0.4, 0.5) is 0 Å². The summed E-state index contributed by atoms with van der Waals surface area (Å²) >= 11 is 11.8. The minimum absolute atomic E-state index is 0.0285. The molecule has 2 fully saturated rings. The minimum atomic E-state index is -0.849. The molecular formula is C15H17Cl2NO2. The Morgan fingerprint density at radius 3 is 2.55 bits per heavy atom. The monoisotopic (exact) mass is 313 g/mol. The lowest BCUT2D eigenvalue weighted by atomic mass is 10.0. The molecule has 1 amide bonds. The Balaban J connectivity index is 1.66. The highest BCUT2D eigenvalue weighted by Crippen LogP contribution is 2.38. The van der Waals surface area contributed by atoms with Crippen molar-refractivity contribution in [3.8, 4) is 0 Å². The Morgan fingerprint density at radius 1 is 1.30 bits per heavy atom. The van der Waals surface area contributed by atoms with Crippen molar-refractivity contribution in [2.75, 3.05) is 6.54 Å². The molecule has 1 aromatic rings. The molecule has 3 rings (SSSR count). The van der Waals surface area contributed by atoms with Crippen LogP contribution in [0.3, 0.4) is 0 Å². The van der Waals surface area contributed by atoms with Gasteiger partial charge >= 0.3 is 0 Å². The molecule has 3 nitrogen and oxygen atoms in total. The number of hydrogen-bond donors (Lipinski definition) is 1. The SMILES string of the molecule is O=C(CC(O)c1cc(Cl)cc(Cl)c1)N1CC2CCC1C2. The Morgan fingerprint density at radius 2 is 2.00 bits per heavy atom. The number of hydrogen-bond acceptors (Lipinski definition) is 2. The Kier molecular flexibility index (Phi) is 3.93. The highest BCUT2D eigenvalue weighted by molar-refractivity contribution is 6.34. The molecule has 3 atom stereocenters. The van der Waals surface area contributed by atoms with E-state index in [1.54, 1.807) is 18.2 Å². The van der Waals surface area contributed by atoms with E-state index in [2.05, 4.69) is 0 Å². The third kappa shape index (κ3) is 2.80. The van der Waals surface area contributed by atoms with E-state index in [0.29, 0.717) is 27.6 Å². The zero-order chi connectivity index (χ0) is 14.3. The zero-order valence-corrected chi connectivity index (χ0v) is 12.6. The molecule has 0 radical (unpaired) electrons. The first-order valence-electron chi connectivity index (χ1n) is 6.96. The number of aliphatic hydroxyl groups excluding tert-OH is 1. The van der Waals surface area contributed by atoms with Crippen LogP contribution in [-0.2, 0) is 4.79 Å². The fourth-order valence-corrected chi connectivity index (χ4v) is 3.94. The highest BCUT2D eigenvalue weighted by atomic mass is 35.5. The number of nitrogens with zero attached hydrogens (tertiary/aromatic N) is 1. The molecule has 5 heteroatoms. The van der Waals surface area contributed by atoms with Gasteiger partial charge in [-0.3, -0.25) is 4.79 Å². The van der Waals surface area contributed by atoms with Gasteiger partial charge in [-0.1, -0.05) is 23.2 Å². The molecule has 1 saturated carbocycles. The Bertz CT molecular complexity index is 514. The number of carbonyl (C=O) groups excluding carboxylic acids is 1. The molecule has 3 unspecified atom stereocenters. The molecule has 1 heterocycles. The van der Waals surface area contributed by atoms with E-state index < -0.39 is 6.10 Å². The van der Waals surface area contributed by atoms with Crippen LogP contribution < -0.4 is 0 Å². The van der Waals surface area contributed by atoms with E-state index in [-0.39, 0.29) is 12.3 Å². The molecule has 1 N–H and O–H groups in total. The van der Waals surface area contributed by atoms with Gasteiger partial charge in [-0.15, -0.1) is 0 Å². The van der Waals surface area contributed by atoms with Crippen LogP contribution in [0.5, 0.6) is 0 Å². The van der Waals surface area contributed by atoms with E-state index in [1.807, 2.05) is 4.90 Å². The zero-order valence-electron chi connectivity index (χ0n) is 11.1. The number of rotatable bonds is 3. The average Bonchev–Trinajstić information content (AvgIpc) is 2.99. The van der Waals surface area contributed by atoms with Gasteiger partial charge in [0.05, 0.1) is 12.5 Å². The molecule has 1 aliphatic heterocycles. The predicted molar refractivity (Wildman–Crippen MR) is 78.9 cm³/mol. The van der Waals surface area contributed by atoms with Gasteiger partial charge in [0.25, 0.3) is 0 Å². The molecule has 1 aromatic carbocycles. The topological polar surface area (TPSA) is 40.5 Å². The number of benzene rings is 1. The molecule has 0 aromatic heterocycles. The van der Waals surface area contributed by atoms with Crippen molar-refractivity contribution in [1.29, 1.82) is 0 Å². The standard InChI is InChI=1S/C15H17Cl2NO2/c16-11-4-10(5-12(17)6-11)14(19)7-15(20)18-8-9-1-2-13(18)3-9/h4-6,9,13-14,19H,1-3,7-8H2. The summed E-state index contributed by atoms with van der Waals surface area (Å²) in [4.78, 5) is 14.2. The van der Waals surface area contributed by atoms with E-state index in [4.69, 9.17) is 23.2 Å². The van der Waals surface area contributed by atoms with Crippen LogP contribution in [0.25, 0.3) is 0 Å². The largest absolute Gasteiger partial charge is 0.388 e. The first kappa shape index (κ1) is 14.2. The van der Waals surface area contributed by atoms with Gasteiger partial charge in [0.15, 0.2) is 0 Å². The summed E-state index contributed by atoms with van der Waals surface area (Å²) in [5, 5.41) is 11.1. The van der Waals surface area contributed by atoms with Crippen molar-refractivity contribution < 1.29 is 9.90 Å². The van der Waals surface area contributed by atoms with E-state index >= 15 is 0 Å². The number of fused-ring (bicyclic) bond motifs is 2. The smallest absolute Gasteiger partial charge is 0.225 e. The van der Waals surface area contributed by atoms with Crippen molar-refractivity contribution in [3.63, 3.8) is 0 Å². The fraction of sp³-hybridized carbons (Fsp3) is 0.533. The number of piperidine rings is 1. The Labute approximate surface area is 128 Å². The van der Waals surface area contributed by atoms with Gasteiger partial charge in [-0.05, 0) is 48.9 Å². The van der Waals surface area contributed by atoms with Gasteiger partial charge < -0.3 is 10.0 Å². The van der Waals surface area contributed by atoms with Crippen LogP contribution >= 0.6 is 23.2 Å². The average molecular weight is 314 g/mol. The second-order valence-electron chi connectivity index (χ2n) is 5.80. The second-order valence-corrected chi connectivity index (χ2v) is 6.67. The number of amides is 1. The molecule has 1 saturated heterocycles. The summed E-state index contributed by atoms with van der Waals surface area (Å²) in [6.45, 7) is 0.854. The van der Waals surface area contributed by atoms with Crippen molar-refractivity contribution in [3.05, 3.63) is 33.8 Å². The quantitative estimate of drug-likeness (QED) is 0.928. The van der Waals surface area contributed by atoms with E-state index in [0.717, 1.165) is 19.4 Å². The number of halogens is 2. The van der Waals surface area contributed by atoms with Crippen molar-refractivity contribution in [2.45, 2.75) is 37.8 Å². The second kappa shape index (κ2) is 5.55. The van der Waals surface area contributed by atoms with Crippen molar-refractivity contribution >= 4 is 29.1 Å². The first-order valence-corrected chi connectivity index (χ1v) is 7.72. The van der Waals surface area contributed by atoms with Crippen molar-refractivity contribution in [1.82, 2.24) is 4.90 Å². The summed E-state index contributed by atoms with van der Waals surface area (Å²) < 4.78 is 0. The number of likely N-dealkylation sites (tertiary alicyclic amines) is 1. The number of aliphatic hydroxyl groups is 1. The molecule has 0 spiro atoms. The third-order valence-electron chi connectivity index (χ3n) is 4.37. The van der Waals surface area contributed by atoms with Gasteiger partial charge in [0.2, 0.25) is 5.91 Å². The Hall–Kier alpha value is -0.770. The first-order chi connectivity index (χ1) is 9.52. The maximum Gasteiger partial charge on any atom is 0.225 e. The molecule has 108 valence electrons. The van der Waals surface area contributed by atoms with E-state index in [1.165, 1.54) is 6.42 Å².